The standard InChI is InChI=1S/C24H42N4O2.C2H6/c1-23(2,3)30-22(29)28(15-9-8-14-26(6)7)19-10-11-20(25)21(18-19)27-16-12-24(4,5)13-17-27;1-2/h10-11,18H,8-9,12-17,25H2,1-7H3;1-2H3. The number of benzene rings is 1. The minimum atomic E-state index is -0.534. The molecule has 1 heterocycles. The number of amides is 1. The Kier molecular flexibility index (Phi) is 10.8. The van der Waals surface area contributed by atoms with Crippen molar-refractivity contribution >= 4 is 23.2 Å². The van der Waals surface area contributed by atoms with Crippen molar-refractivity contribution in [2.45, 2.75) is 79.8 Å². The van der Waals surface area contributed by atoms with Crippen molar-refractivity contribution in [2.75, 3.05) is 55.8 Å². The van der Waals surface area contributed by atoms with Gasteiger partial charge in [-0.1, -0.05) is 27.7 Å². The number of ether oxygens (including phenoxy) is 1. The maximum absolute atomic E-state index is 13.0. The van der Waals surface area contributed by atoms with Gasteiger partial charge in [-0.15, -0.1) is 0 Å². The summed E-state index contributed by atoms with van der Waals surface area (Å²) in [4.78, 5) is 19.3. The third-order valence-corrected chi connectivity index (χ3v) is 5.63. The topological polar surface area (TPSA) is 62.0 Å². The second-order valence-electron chi connectivity index (χ2n) is 10.5. The fourth-order valence-corrected chi connectivity index (χ4v) is 3.67. The van der Waals surface area contributed by atoms with Gasteiger partial charge in [0.2, 0.25) is 0 Å². The fraction of sp³-hybridized carbons (Fsp3) is 0.731. The van der Waals surface area contributed by atoms with Crippen molar-refractivity contribution in [3.05, 3.63) is 18.2 Å². The first-order chi connectivity index (χ1) is 14.9. The van der Waals surface area contributed by atoms with E-state index in [9.17, 15) is 4.79 Å². The Morgan fingerprint density at radius 2 is 1.66 bits per heavy atom. The van der Waals surface area contributed by atoms with Gasteiger partial charge in [0.15, 0.2) is 0 Å². The molecule has 0 atom stereocenters. The summed E-state index contributed by atoms with van der Waals surface area (Å²) in [5.74, 6) is 0. The molecule has 1 fully saturated rings. The summed E-state index contributed by atoms with van der Waals surface area (Å²) in [7, 11) is 4.13. The molecule has 0 bridgehead atoms. The molecule has 0 aromatic heterocycles. The molecule has 1 aromatic rings. The van der Waals surface area contributed by atoms with E-state index in [0.29, 0.717) is 12.0 Å². The maximum atomic E-state index is 13.0. The Morgan fingerprint density at radius 1 is 1.09 bits per heavy atom. The maximum Gasteiger partial charge on any atom is 0.414 e. The van der Waals surface area contributed by atoms with E-state index in [0.717, 1.165) is 62.4 Å². The van der Waals surface area contributed by atoms with Crippen LogP contribution >= 0.6 is 0 Å². The molecule has 1 aromatic carbocycles. The molecule has 0 aliphatic carbocycles. The first kappa shape index (κ1) is 28.1. The minimum absolute atomic E-state index is 0.303. The van der Waals surface area contributed by atoms with Gasteiger partial charge in [0, 0.05) is 25.3 Å². The van der Waals surface area contributed by atoms with E-state index in [1.807, 2.05) is 46.8 Å². The molecule has 1 aliphatic rings. The van der Waals surface area contributed by atoms with Crippen molar-refractivity contribution < 1.29 is 9.53 Å². The third-order valence-electron chi connectivity index (χ3n) is 5.63. The smallest absolute Gasteiger partial charge is 0.414 e. The highest BCUT2D eigenvalue weighted by molar-refractivity contribution is 5.90. The number of hydrogen-bond acceptors (Lipinski definition) is 5. The summed E-state index contributed by atoms with van der Waals surface area (Å²) in [6.07, 6.45) is 3.90. The van der Waals surface area contributed by atoms with Gasteiger partial charge in [-0.25, -0.2) is 4.79 Å². The number of hydrogen-bond donors (Lipinski definition) is 1. The van der Waals surface area contributed by atoms with Crippen molar-refractivity contribution in [1.82, 2.24) is 4.90 Å². The molecular formula is C26H48N4O2. The number of piperidine rings is 1. The van der Waals surface area contributed by atoms with Crippen LogP contribution < -0.4 is 15.5 Å². The van der Waals surface area contributed by atoms with E-state index in [1.165, 1.54) is 0 Å². The first-order valence-corrected chi connectivity index (χ1v) is 12.2. The molecule has 6 heteroatoms. The summed E-state index contributed by atoms with van der Waals surface area (Å²) in [5.41, 5.74) is 8.81. The van der Waals surface area contributed by atoms with E-state index in [4.69, 9.17) is 10.5 Å². The molecular weight excluding hydrogens is 400 g/mol. The van der Waals surface area contributed by atoms with Gasteiger partial charge in [0.1, 0.15) is 5.60 Å². The molecule has 1 saturated heterocycles. The highest BCUT2D eigenvalue weighted by Gasteiger charge is 2.28. The van der Waals surface area contributed by atoms with Gasteiger partial charge in [0.25, 0.3) is 0 Å². The molecule has 0 radical (unpaired) electrons. The van der Waals surface area contributed by atoms with E-state index >= 15 is 0 Å². The zero-order valence-electron chi connectivity index (χ0n) is 22.1. The number of nitrogens with two attached hydrogens (primary N) is 1. The molecule has 2 rings (SSSR count). The van der Waals surface area contributed by atoms with Gasteiger partial charge in [-0.3, -0.25) is 4.90 Å². The Morgan fingerprint density at radius 3 is 2.19 bits per heavy atom. The lowest BCUT2D eigenvalue weighted by atomic mass is 9.82. The minimum Gasteiger partial charge on any atom is -0.443 e. The summed E-state index contributed by atoms with van der Waals surface area (Å²) < 4.78 is 5.71. The second-order valence-corrected chi connectivity index (χ2v) is 10.5. The Hall–Kier alpha value is -1.95. The second kappa shape index (κ2) is 12.3. The Balaban J connectivity index is 0.00000249. The van der Waals surface area contributed by atoms with Crippen LogP contribution in [0.4, 0.5) is 21.9 Å². The number of anilines is 3. The molecule has 0 saturated carbocycles. The highest BCUT2D eigenvalue weighted by atomic mass is 16.6. The van der Waals surface area contributed by atoms with Crippen LogP contribution in [0.15, 0.2) is 18.2 Å². The van der Waals surface area contributed by atoms with Crippen LogP contribution in [-0.2, 0) is 4.74 Å². The monoisotopic (exact) mass is 448 g/mol. The van der Waals surface area contributed by atoms with Crippen molar-refractivity contribution in [3.63, 3.8) is 0 Å². The van der Waals surface area contributed by atoms with Crippen molar-refractivity contribution in [3.8, 4) is 0 Å². The fourth-order valence-electron chi connectivity index (χ4n) is 3.67. The Labute approximate surface area is 197 Å². The molecule has 1 aliphatic heterocycles. The average molecular weight is 449 g/mol. The number of unbranched alkanes of at least 4 members (excludes halogenated alkanes) is 1. The number of carbonyl (C=O) groups is 1. The number of rotatable bonds is 7. The Bertz CT molecular complexity index is 700. The summed E-state index contributed by atoms with van der Waals surface area (Å²) >= 11 is 0. The number of nitrogen functional groups attached to an aromatic ring is 1. The lowest BCUT2D eigenvalue weighted by Gasteiger charge is -2.39. The van der Waals surface area contributed by atoms with Gasteiger partial charge >= 0.3 is 6.09 Å². The number of nitrogens with zero attached hydrogens (tertiary/aromatic N) is 3. The molecule has 0 spiro atoms. The molecule has 32 heavy (non-hydrogen) atoms. The van der Waals surface area contributed by atoms with Crippen LogP contribution in [0.5, 0.6) is 0 Å². The molecule has 0 unspecified atom stereocenters. The molecule has 2 N–H and O–H groups in total. The third kappa shape index (κ3) is 9.27. The van der Waals surface area contributed by atoms with E-state index in [1.54, 1.807) is 4.90 Å². The normalized spacial score (nSPS) is 15.8. The zero-order valence-corrected chi connectivity index (χ0v) is 22.1. The van der Waals surface area contributed by atoms with Crippen LogP contribution in [0.1, 0.15) is 74.1 Å². The van der Waals surface area contributed by atoms with Crippen LogP contribution in [0.2, 0.25) is 0 Å². The lowest BCUT2D eigenvalue weighted by Crippen LogP contribution is -2.39. The molecule has 184 valence electrons. The van der Waals surface area contributed by atoms with Crippen LogP contribution in [0.25, 0.3) is 0 Å². The lowest BCUT2D eigenvalue weighted by molar-refractivity contribution is 0.0579. The van der Waals surface area contributed by atoms with Gasteiger partial charge in [-0.2, -0.15) is 0 Å². The predicted molar refractivity (Wildman–Crippen MR) is 139 cm³/mol. The van der Waals surface area contributed by atoms with Crippen LogP contribution in [-0.4, -0.2) is 56.9 Å². The summed E-state index contributed by atoms with van der Waals surface area (Å²) in [6.45, 7) is 17.9. The quantitative estimate of drug-likeness (QED) is 0.409. The van der Waals surface area contributed by atoms with E-state index < -0.39 is 5.60 Å². The van der Waals surface area contributed by atoms with Crippen LogP contribution in [0, 0.1) is 5.41 Å². The van der Waals surface area contributed by atoms with Crippen molar-refractivity contribution in [1.29, 1.82) is 0 Å². The van der Waals surface area contributed by atoms with Crippen LogP contribution in [0.3, 0.4) is 0 Å². The van der Waals surface area contributed by atoms with Crippen molar-refractivity contribution in [2.24, 2.45) is 5.41 Å². The average Bonchev–Trinajstić information content (AvgIpc) is 2.69. The number of carbonyl (C=O) groups excluding carboxylic acids is 1. The predicted octanol–water partition coefficient (Wildman–Crippen LogP) is 6.00. The largest absolute Gasteiger partial charge is 0.443 e. The van der Waals surface area contributed by atoms with E-state index in [-0.39, 0.29) is 6.09 Å². The zero-order chi connectivity index (χ0) is 24.5. The summed E-state index contributed by atoms with van der Waals surface area (Å²) in [6, 6.07) is 5.91. The van der Waals surface area contributed by atoms with Gasteiger partial charge < -0.3 is 20.3 Å². The summed E-state index contributed by atoms with van der Waals surface area (Å²) in [5, 5.41) is 0. The van der Waals surface area contributed by atoms with Gasteiger partial charge in [0.05, 0.1) is 11.4 Å². The van der Waals surface area contributed by atoms with E-state index in [2.05, 4.69) is 43.8 Å². The first-order valence-electron chi connectivity index (χ1n) is 12.2. The molecule has 1 amide bonds. The SMILES string of the molecule is CC.CN(C)CCCCN(C(=O)OC(C)(C)C)c1ccc(N)c(N2CCC(C)(C)CC2)c1. The molecule has 6 nitrogen and oxygen atoms in total. The highest BCUT2D eigenvalue weighted by Crippen LogP contribution is 2.36. The van der Waals surface area contributed by atoms with Gasteiger partial charge in [-0.05, 0) is 90.7 Å².